The molecule has 1 heterocycles. The summed E-state index contributed by atoms with van der Waals surface area (Å²) in [7, 11) is 0. The summed E-state index contributed by atoms with van der Waals surface area (Å²) in [6, 6.07) is 0. The van der Waals surface area contributed by atoms with E-state index >= 15 is 0 Å². The molecule has 0 bridgehead atoms. The van der Waals surface area contributed by atoms with Crippen molar-refractivity contribution in [3.05, 3.63) is 0 Å². The van der Waals surface area contributed by atoms with Crippen LogP contribution in [-0.2, 0) is 9.59 Å². The standard InChI is InChI=1S/C16H29N3O2/c1-2-14(20)18-9-6-10-19(12-11-18)15(21)16(13-17)7-4-3-5-8-16/h2-13,17H2,1H3. The zero-order valence-electron chi connectivity index (χ0n) is 13.3. The molecule has 2 N–H and O–H groups in total. The molecule has 1 aliphatic carbocycles. The van der Waals surface area contributed by atoms with E-state index in [1.165, 1.54) is 6.42 Å². The molecule has 5 heteroatoms. The molecule has 1 aliphatic heterocycles. The fourth-order valence-corrected chi connectivity index (χ4v) is 3.66. The SMILES string of the molecule is CCC(=O)N1CCCN(C(=O)C2(CN)CCCCC2)CC1. The van der Waals surface area contributed by atoms with Gasteiger partial charge >= 0.3 is 0 Å². The molecule has 0 aromatic carbocycles. The van der Waals surface area contributed by atoms with Crippen LogP contribution in [-0.4, -0.2) is 54.3 Å². The third-order valence-electron chi connectivity index (χ3n) is 5.09. The predicted octanol–water partition coefficient (Wildman–Crippen LogP) is 1.37. The lowest BCUT2D eigenvalue weighted by molar-refractivity contribution is -0.144. The van der Waals surface area contributed by atoms with Gasteiger partial charge < -0.3 is 15.5 Å². The Hall–Kier alpha value is -1.10. The van der Waals surface area contributed by atoms with Crippen molar-refractivity contribution in [1.29, 1.82) is 0 Å². The van der Waals surface area contributed by atoms with Crippen LogP contribution in [0, 0.1) is 5.41 Å². The average molecular weight is 295 g/mol. The molecular formula is C16H29N3O2. The average Bonchev–Trinajstić information content (AvgIpc) is 2.80. The van der Waals surface area contributed by atoms with E-state index in [4.69, 9.17) is 5.73 Å². The maximum Gasteiger partial charge on any atom is 0.230 e. The zero-order valence-corrected chi connectivity index (χ0v) is 13.3. The first kappa shape index (κ1) is 16.3. The third-order valence-corrected chi connectivity index (χ3v) is 5.09. The molecule has 21 heavy (non-hydrogen) atoms. The molecule has 2 amide bonds. The summed E-state index contributed by atoms with van der Waals surface area (Å²) in [5, 5.41) is 0. The molecule has 0 radical (unpaired) electrons. The summed E-state index contributed by atoms with van der Waals surface area (Å²) in [5.41, 5.74) is 5.64. The van der Waals surface area contributed by atoms with E-state index in [0.717, 1.165) is 45.2 Å². The van der Waals surface area contributed by atoms with Crippen LogP contribution in [0.1, 0.15) is 51.9 Å². The Bertz CT molecular complexity index is 378. The van der Waals surface area contributed by atoms with Crippen molar-refractivity contribution in [3.8, 4) is 0 Å². The molecule has 2 rings (SSSR count). The highest BCUT2D eigenvalue weighted by Crippen LogP contribution is 2.37. The van der Waals surface area contributed by atoms with E-state index in [2.05, 4.69) is 0 Å². The van der Waals surface area contributed by atoms with Gasteiger partial charge in [0.15, 0.2) is 0 Å². The van der Waals surface area contributed by atoms with Gasteiger partial charge in [0.05, 0.1) is 5.41 Å². The van der Waals surface area contributed by atoms with Gasteiger partial charge in [-0.15, -0.1) is 0 Å². The summed E-state index contributed by atoms with van der Waals surface area (Å²) in [6.45, 7) is 5.20. The number of rotatable bonds is 3. The Labute approximate surface area is 127 Å². The lowest BCUT2D eigenvalue weighted by Gasteiger charge is -2.38. The molecule has 0 unspecified atom stereocenters. The summed E-state index contributed by atoms with van der Waals surface area (Å²) in [6.07, 6.45) is 6.70. The van der Waals surface area contributed by atoms with Crippen LogP contribution in [0.3, 0.4) is 0 Å². The van der Waals surface area contributed by atoms with Gasteiger partial charge in [0, 0.05) is 39.1 Å². The van der Waals surface area contributed by atoms with Gasteiger partial charge in [0.25, 0.3) is 0 Å². The number of carbonyl (C=O) groups is 2. The minimum absolute atomic E-state index is 0.190. The van der Waals surface area contributed by atoms with Crippen LogP contribution in [0.15, 0.2) is 0 Å². The Kier molecular flexibility index (Phi) is 5.62. The normalized spacial score (nSPS) is 22.8. The molecule has 2 aliphatic rings. The van der Waals surface area contributed by atoms with Crippen molar-refractivity contribution >= 4 is 11.8 Å². The smallest absolute Gasteiger partial charge is 0.230 e. The van der Waals surface area contributed by atoms with E-state index in [9.17, 15) is 9.59 Å². The van der Waals surface area contributed by atoms with Crippen molar-refractivity contribution in [2.45, 2.75) is 51.9 Å². The summed E-state index contributed by atoms with van der Waals surface area (Å²) in [4.78, 5) is 28.6. The second kappa shape index (κ2) is 7.25. The van der Waals surface area contributed by atoms with Crippen molar-refractivity contribution in [1.82, 2.24) is 9.80 Å². The predicted molar refractivity (Wildman–Crippen MR) is 82.6 cm³/mol. The van der Waals surface area contributed by atoms with Gasteiger partial charge in [-0.25, -0.2) is 0 Å². The number of hydrogen-bond donors (Lipinski definition) is 1. The molecule has 1 saturated heterocycles. The minimum Gasteiger partial charge on any atom is -0.341 e. The molecule has 0 spiro atoms. The minimum atomic E-state index is -0.331. The highest BCUT2D eigenvalue weighted by molar-refractivity contribution is 5.83. The van der Waals surface area contributed by atoms with E-state index in [-0.39, 0.29) is 17.2 Å². The number of carbonyl (C=O) groups excluding carboxylic acids is 2. The van der Waals surface area contributed by atoms with E-state index in [1.54, 1.807) is 0 Å². The van der Waals surface area contributed by atoms with Crippen LogP contribution >= 0.6 is 0 Å². The molecule has 0 aromatic rings. The van der Waals surface area contributed by atoms with Crippen molar-refractivity contribution < 1.29 is 9.59 Å². The Morgan fingerprint density at radius 1 is 0.952 bits per heavy atom. The second-order valence-electron chi connectivity index (χ2n) is 6.43. The third kappa shape index (κ3) is 3.57. The maximum absolute atomic E-state index is 12.9. The largest absolute Gasteiger partial charge is 0.341 e. The first-order valence-corrected chi connectivity index (χ1v) is 8.40. The lowest BCUT2D eigenvalue weighted by Crippen LogP contribution is -2.50. The van der Waals surface area contributed by atoms with Crippen LogP contribution in [0.25, 0.3) is 0 Å². The molecule has 5 nitrogen and oxygen atoms in total. The summed E-state index contributed by atoms with van der Waals surface area (Å²) in [5.74, 6) is 0.422. The van der Waals surface area contributed by atoms with E-state index in [1.807, 2.05) is 16.7 Å². The number of hydrogen-bond acceptors (Lipinski definition) is 3. The van der Waals surface area contributed by atoms with Gasteiger partial charge in [-0.3, -0.25) is 9.59 Å². The molecule has 2 fully saturated rings. The summed E-state index contributed by atoms with van der Waals surface area (Å²) < 4.78 is 0. The van der Waals surface area contributed by atoms with Gasteiger partial charge in [-0.2, -0.15) is 0 Å². The fourth-order valence-electron chi connectivity index (χ4n) is 3.66. The fraction of sp³-hybridized carbons (Fsp3) is 0.875. The molecule has 0 aromatic heterocycles. The van der Waals surface area contributed by atoms with Crippen molar-refractivity contribution in [2.24, 2.45) is 11.1 Å². The number of nitrogens with zero attached hydrogens (tertiary/aromatic N) is 2. The van der Waals surface area contributed by atoms with Gasteiger partial charge in [0.1, 0.15) is 0 Å². The van der Waals surface area contributed by atoms with Crippen LogP contribution < -0.4 is 5.73 Å². The quantitative estimate of drug-likeness (QED) is 0.855. The topological polar surface area (TPSA) is 66.6 Å². The second-order valence-corrected chi connectivity index (χ2v) is 6.43. The monoisotopic (exact) mass is 295 g/mol. The Morgan fingerprint density at radius 2 is 1.57 bits per heavy atom. The maximum atomic E-state index is 12.9. The van der Waals surface area contributed by atoms with E-state index in [0.29, 0.717) is 26.1 Å². The molecule has 0 atom stereocenters. The highest BCUT2D eigenvalue weighted by Gasteiger charge is 2.41. The number of nitrogens with two attached hydrogens (primary N) is 1. The van der Waals surface area contributed by atoms with Crippen molar-refractivity contribution in [2.75, 3.05) is 32.7 Å². The molecule has 120 valence electrons. The summed E-state index contributed by atoms with van der Waals surface area (Å²) >= 11 is 0. The Balaban J connectivity index is 2.00. The van der Waals surface area contributed by atoms with Crippen LogP contribution in [0.2, 0.25) is 0 Å². The van der Waals surface area contributed by atoms with Gasteiger partial charge in [-0.1, -0.05) is 26.2 Å². The van der Waals surface area contributed by atoms with E-state index < -0.39 is 0 Å². The first-order chi connectivity index (χ1) is 10.1. The first-order valence-electron chi connectivity index (χ1n) is 8.40. The van der Waals surface area contributed by atoms with Crippen LogP contribution in [0.5, 0.6) is 0 Å². The van der Waals surface area contributed by atoms with Gasteiger partial charge in [0.2, 0.25) is 11.8 Å². The Morgan fingerprint density at radius 3 is 2.19 bits per heavy atom. The van der Waals surface area contributed by atoms with Crippen LogP contribution in [0.4, 0.5) is 0 Å². The number of amides is 2. The van der Waals surface area contributed by atoms with Crippen molar-refractivity contribution in [3.63, 3.8) is 0 Å². The molecular weight excluding hydrogens is 266 g/mol. The van der Waals surface area contributed by atoms with Gasteiger partial charge in [-0.05, 0) is 19.3 Å². The highest BCUT2D eigenvalue weighted by atomic mass is 16.2. The lowest BCUT2D eigenvalue weighted by atomic mass is 9.73. The zero-order chi connectivity index (χ0) is 15.3. The molecule has 1 saturated carbocycles.